The molecule has 0 aliphatic carbocycles. The predicted molar refractivity (Wildman–Crippen MR) is 62.3 cm³/mol. The topological polar surface area (TPSA) is 66.3 Å². The fourth-order valence-electron chi connectivity index (χ4n) is 2.36. The summed E-state index contributed by atoms with van der Waals surface area (Å²) in [6, 6.07) is 0.121. The molecule has 1 saturated heterocycles. The first kappa shape index (κ1) is 12.0. The zero-order chi connectivity index (χ0) is 12.4. The van der Waals surface area contributed by atoms with Crippen LogP contribution in [0.5, 0.6) is 0 Å². The lowest BCUT2D eigenvalue weighted by Gasteiger charge is -2.23. The van der Waals surface area contributed by atoms with Crippen molar-refractivity contribution in [3.05, 3.63) is 24.3 Å². The van der Waals surface area contributed by atoms with Crippen LogP contribution in [0.3, 0.4) is 0 Å². The summed E-state index contributed by atoms with van der Waals surface area (Å²) in [4.78, 5) is 21.5. The molecule has 17 heavy (non-hydrogen) atoms. The number of nitrogens with zero attached hydrogens (tertiary/aromatic N) is 3. The second-order valence-corrected chi connectivity index (χ2v) is 4.68. The lowest BCUT2D eigenvalue weighted by atomic mass is 9.99. The van der Waals surface area contributed by atoms with Crippen molar-refractivity contribution in [1.82, 2.24) is 14.9 Å². The van der Waals surface area contributed by atoms with E-state index in [4.69, 9.17) is 5.11 Å². The van der Waals surface area contributed by atoms with Gasteiger partial charge in [0.2, 0.25) is 0 Å². The van der Waals surface area contributed by atoms with Crippen LogP contribution < -0.4 is 0 Å². The van der Waals surface area contributed by atoms with Gasteiger partial charge in [-0.15, -0.1) is 0 Å². The normalized spacial score (nSPS) is 26.9. The lowest BCUT2D eigenvalue weighted by molar-refractivity contribution is -0.142. The average Bonchev–Trinajstić information content (AvgIpc) is 2.71. The number of rotatable bonds is 3. The van der Waals surface area contributed by atoms with Gasteiger partial charge in [0.25, 0.3) is 0 Å². The second kappa shape index (κ2) is 4.79. The van der Waals surface area contributed by atoms with Gasteiger partial charge in [-0.2, -0.15) is 0 Å². The molecule has 5 nitrogen and oxygen atoms in total. The summed E-state index contributed by atoms with van der Waals surface area (Å²) >= 11 is 0. The summed E-state index contributed by atoms with van der Waals surface area (Å²) < 4.78 is 0. The highest BCUT2D eigenvalue weighted by Crippen LogP contribution is 2.29. The summed E-state index contributed by atoms with van der Waals surface area (Å²) in [5.74, 6) is -0.785. The van der Waals surface area contributed by atoms with Crippen LogP contribution in [0.4, 0.5) is 0 Å². The Labute approximate surface area is 100 Å². The van der Waals surface area contributed by atoms with E-state index in [1.54, 1.807) is 18.6 Å². The molecule has 0 spiro atoms. The third-order valence-corrected chi connectivity index (χ3v) is 3.52. The van der Waals surface area contributed by atoms with Crippen LogP contribution in [0.25, 0.3) is 0 Å². The molecule has 1 aromatic heterocycles. The Morgan fingerprint density at radius 2 is 2.29 bits per heavy atom. The molecule has 1 aromatic rings. The highest BCUT2D eigenvalue weighted by atomic mass is 16.4. The highest BCUT2D eigenvalue weighted by molar-refractivity contribution is 5.71. The molecule has 92 valence electrons. The first-order valence-corrected chi connectivity index (χ1v) is 5.82. The number of hydrogen-bond donors (Lipinski definition) is 1. The van der Waals surface area contributed by atoms with Crippen molar-refractivity contribution in [2.75, 3.05) is 13.1 Å². The molecule has 3 atom stereocenters. The molecule has 1 fully saturated rings. The van der Waals surface area contributed by atoms with E-state index in [-0.39, 0.29) is 17.9 Å². The van der Waals surface area contributed by atoms with Gasteiger partial charge in [-0.05, 0) is 12.8 Å². The summed E-state index contributed by atoms with van der Waals surface area (Å²) in [5.41, 5.74) is 0.894. The number of hydrogen-bond acceptors (Lipinski definition) is 4. The smallest absolute Gasteiger partial charge is 0.308 e. The Morgan fingerprint density at radius 1 is 1.53 bits per heavy atom. The molecule has 1 aliphatic rings. The molecule has 0 radical (unpaired) electrons. The molecule has 0 aromatic carbocycles. The van der Waals surface area contributed by atoms with Gasteiger partial charge in [-0.25, -0.2) is 0 Å². The van der Waals surface area contributed by atoms with E-state index in [1.165, 1.54) is 0 Å². The quantitative estimate of drug-likeness (QED) is 0.852. The first-order chi connectivity index (χ1) is 8.09. The minimum atomic E-state index is -0.702. The van der Waals surface area contributed by atoms with Crippen molar-refractivity contribution in [1.29, 1.82) is 0 Å². The van der Waals surface area contributed by atoms with Gasteiger partial charge in [0.15, 0.2) is 0 Å². The van der Waals surface area contributed by atoms with Crippen LogP contribution in [-0.2, 0) is 4.79 Å². The average molecular weight is 235 g/mol. The van der Waals surface area contributed by atoms with Gasteiger partial charge in [-0.3, -0.25) is 19.7 Å². The summed E-state index contributed by atoms with van der Waals surface area (Å²) in [6.07, 6.45) is 5.05. The van der Waals surface area contributed by atoms with Crippen molar-refractivity contribution >= 4 is 5.97 Å². The molecular weight excluding hydrogens is 218 g/mol. The number of likely N-dealkylation sites (tertiary alicyclic amines) is 1. The predicted octanol–water partition coefficient (Wildman–Crippen LogP) is 1.19. The molecule has 5 heteroatoms. The van der Waals surface area contributed by atoms with Gasteiger partial charge in [0.1, 0.15) is 0 Å². The summed E-state index contributed by atoms with van der Waals surface area (Å²) in [5, 5.41) is 9.10. The number of carbonyl (C=O) groups is 1. The van der Waals surface area contributed by atoms with Gasteiger partial charge < -0.3 is 5.11 Å². The first-order valence-electron chi connectivity index (χ1n) is 5.82. The molecular formula is C12H17N3O2. The Morgan fingerprint density at radius 3 is 2.82 bits per heavy atom. The van der Waals surface area contributed by atoms with E-state index in [2.05, 4.69) is 14.9 Å². The molecule has 0 amide bonds. The van der Waals surface area contributed by atoms with E-state index in [1.807, 2.05) is 13.8 Å². The Bertz CT molecular complexity index is 396. The van der Waals surface area contributed by atoms with Crippen LogP contribution in [0.2, 0.25) is 0 Å². The van der Waals surface area contributed by atoms with Gasteiger partial charge >= 0.3 is 5.97 Å². The van der Waals surface area contributed by atoms with Crippen molar-refractivity contribution < 1.29 is 9.90 Å². The fourth-order valence-corrected chi connectivity index (χ4v) is 2.36. The van der Waals surface area contributed by atoms with Crippen molar-refractivity contribution in [3.63, 3.8) is 0 Å². The fraction of sp³-hybridized carbons (Fsp3) is 0.583. The van der Waals surface area contributed by atoms with Crippen LogP contribution in [0, 0.1) is 11.8 Å². The largest absolute Gasteiger partial charge is 0.481 e. The number of carboxylic acid groups (broad SMARTS) is 1. The summed E-state index contributed by atoms with van der Waals surface area (Å²) in [6.45, 7) is 5.42. The Balaban J connectivity index is 2.08. The van der Waals surface area contributed by atoms with E-state index in [0.717, 1.165) is 12.2 Å². The minimum Gasteiger partial charge on any atom is -0.481 e. The van der Waals surface area contributed by atoms with E-state index >= 15 is 0 Å². The van der Waals surface area contributed by atoms with Crippen molar-refractivity contribution in [3.8, 4) is 0 Å². The van der Waals surface area contributed by atoms with Crippen LogP contribution in [-0.4, -0.2) is 39.0 Å². The van der Waals surface area contributed by atoms with Crippen LogP contribution in [0.1, 0.15) is 25.6 Å². The molecule has 0 bridgehead atoms. The standard InChI is InChI=1S/C12H17N3O2/c1-8-6-15(7-10(8)12(16)17)9(2)11-5-13-3-4-14-11/h3-5,8-10H,6-7H2,1-2H3,(H,16,17). The van der Waals surface area contributed by atoms with E-state index < -0.39 is 5.97 Å². The molecule has 2 heterocycles. The van der Waals surface area contributed by atoms with E-state index in [9.17, 15) is 4.79 Å². The SMILES string of the molecule is CC1CN(C(C)c2cnccn2)CC1C(=O)O. The highest BCUT2D eigenvalue weighted by Gasteiger charge is 2.37. The monoisotopic (exact) mass is 235 g/mol. The third-order valence-electron chi connectivity index (χ3n) is 3.52. The number of aliphatic carboxylic acids is 1. The van der Waals surface area contributed by atoms with E-state index in [0.29, 0.717) is 6.54 Å². The van der Waals surface area contributed by atoms with Crippen molar-refractivity contribution in [2.24, 2.45) is 11.8 Å². The Hall–Kier alpha value is -1.49. The minimum absolute atomic E-state index is 0.121. The molecule has 1 N–H and O–H groups in total. The third kappa shape index (κ3) is 2.44. The number of aromatic nitrogens is 2. The molecule has 3 unspecified atom stereocenters. The van der Waals surface area contributed by atoms with Gasteiger partial charge in [0, 0.05) is 31.7 Å². The zero-order valence-electron chi connectivity index (χ0n) is 10.1. The maximum absolute atomic E-state index is 11.1. The molecule has 1 aliphatic heterocycles. The number of carboxylic acids is 1. The lowest BCUT2D eigenvalue weighted by Crippen LogP contribution is -2.26. The van der Waals surface area contributed by atoms with Crippen LogP contribution >= 0.6 is 0 Å². The summed E-state index contributed by atoms with van der Waals surface area (Å²) in [7, 11) is 0. The Kier molecular flexibility index (Phi) is 3.38. The zero-order valence-corrected chi connectivity index (χ0v) is 10.1. The van der Waals surface area contributed by atoms with Crippen LogP contribution in [0.15, 0.2) is 18.6 Å². The molecule has 2 rings (SSSR count). The maximum atomic E-state index is 11.1. The second-order valence-electron chi connectivity index (χ2n) is 4.68. The van der Waals surface area contributed by atoms with Crippen molar-refractivity contribution in [2.45, 2.75) is 19.9 Å². The van der Waals surface area contributed by atoms with Gasteiger partial charge in [0.05, 0.1) is 17.7 Å². The molecule has 0 saturated carbocycles. The maximum Gasteiger partial charge on any atom is 0.308 e. The van der Waals surface area contributed by atoms with Gasteiger partial charge in [-0.1, -0.05) is 6.92 Å².